The van der Waals surface area contributed by atoms with E-state index in [1.54, 1.807) is 6.07 Å². The molecule has 242 valence electrons. The second-order valence-corrected chi connectivity index (χ2v) is 13.4. The fourth-order valence-corrected chi connectivity index (χ4v) is 7.42. The Bertz CT molecular complexity index is 1870. The Hall–Kier alpha value is -4.80. The molecule has 2 aliphatic heterocycles. The van der Waals surface area contributed by atoms with Crippen LogP contribution in [-0.2, 0) is 9.84 Å². The predicted molar refractivity (Wildman–Crippen MR) is 179 cm³/mol. The lowest BCUT2D eigenvalue weighted by molar-refractivity contribution is 0.171. The highest BCUT2D eigenvalue weighted by Crippen LogP contribution is 2.39. The zero-order valence-corrected chi connectivity index (χ0v) is 27.1. The molecule has 0 atom stereocenters. The summed E-state index contributed by atoms with van der Waals surface area (Å²) in [5.41, 5.74) is 3.08. The normalized spacial score (nSPS) is 15.1. The highest BCUT2D eigenvalue weighted by Gasteiger charge is 2.35. The van der Waals surface area contributed by atoms with Gasteiger partial charge in [0.2, 0.25) is 26.6 Å². The van der Waals surface area contributed by atoms with E-state index in [2.05, 4.69) is 65.3 Å². The third kappa shape index (κ3) is 6.43. The van der Waals surface area contributed by atoms with Crippen molar-refractivity contribution in [3.05, 3.63) is 114 Å². The van der Waals surface area contributed by atoms with Crippen LogP contribution in [0.1, 0.15) is 30.5 Å². The quantitative estimate of drug-likeness (QED) is 0.165. The molecule has 7 rings (SSSR count). The molecule has 1 aromatic heterocycles. The number of rotatable bonds is 10. The Balaban J connectivity index is 1.22. The second kappa shape index (κ2) is 13.5. The van der Waals surface area contributed by atoms with Gasteiger partial charge in [-0.1, -0.05) is 67.6 Å². The number of anilines is 1. The second-order valence-electron chi connectivity index (χ2n) is 11.6. The van der Waals surface area contributed by atoms with E-state index in [0.717, 1.165) is 12.2 Å². The first kappa shape index (κ1) is 30.8. The third-order valence-corrected chi connectivity index (χ3v) is 10.1. The summed E-state index contributed by atoms with van der Waals surface area (Å²) in [6.07, 6.45) is 0.899. The van der Waals surface area contributed by atoms with Gasteiger partial charge < -0.3 is 23.5 Å². The van der Waals surface area contributed by atoms with Gasteiger partial charge in [-0.2, -0.15) is 4.98 Å². The van der Waals surface area contributed by atoms with Gasteiger partial charge in [-0.3, -0.25) is 4.90 Å². The molecule has 0 amide bonds. The van der Waals surface area contributed by atoms with Crippen molar-refractivity contribution in [1.82, 2.24) is 9.88 Å². The maximum absolute atomic E-state index is 14.3. The molecule has 1 fully saturated rings. The van der Waals surface area contributed by atoms with Crippen molar-refractivity contribution in [1.29, 1.82) is 0 Å². The molecule has 0 radical (unpaired) electrons. The molecule has 2 aliphatic rings. The molecular formula is C37H37N3O6S. The van der Waals surface area contributed by atoms with E-state index in [-0.39, 0.29) is 27.7 Å². The van der Waals surface area contributed by atoms with Crippen molar-refractivity contribution < 1.29 is 27.0 Å². The maximum Gasteiger partial charge on any atom is 0.236 e. The number of sulfone groups is 1. The van der Waals surface area contributed by atoms with Gasteiger partial charge in [0.15, 0.2) is 11.5 Å². The predicted octanol–water partition coefficient (Wildman–Crippen LogP) is 6.65. The number of aromatic nitrogens is 1. The van der Waals surface area contributed by atoms with Crippen LogP contribution in [0, 0.1) is 0 Å². The van der Waals surface area contributed by atoms with Gasteiger partial charge >= 0.3 is 0 Å². The van der Waals surface area contributed by atoms with Gasteiger partial charge in [-0.15, -0.1) is 0 Å². The van der Waals surface area contributed by atoms with E-state index in [9.17, 15) is 8.42 Å². The van der Waals surface area contributed by atoms with Crippen LogP contribution in [0.3, 0.4) is 0 Å². The van der Waals surface area contributed by atoms with Gasteiger partial charge in [0.25, 0.3) is 0 Å². The molecule has 0 N–H and O–H groups in total. The highest BCUT2D eigenvalue weighted by atomic mass is 32.2. The fraction of sp³-hybridized carbons (Fsp3) is 0.270. The van der Waals surface area contributed by atoms with E-state index in [1.807, 2.05) is 41.3 Å². The van der Waals surface area contributed by atoms with Crippen LogP contribution in [0.2, 0.25) is 0 Å². The van der Waals surface area contributed by atoms with Crippen molar-refractivity contribution >= 4 is 15.7 Å². The van der Waals surface area contributed by atoms with E-state index >= 15 is 0 Å². The first-order valence-corrected chi connectivity index (χ1v) is 17.5. The van der Waals surface area contributed by atoms with Gasteiger partial charge in [-0.05, 0) is 53.9 Å². The van der Waals surface area contributed by atoms with Gasteiger partial charge in [-0.25, -0.2) is 8.42 Å². The molecule has 5 aromatic rings. The van der Waals surface area contributed by atoms with Crippen LogP contribution < -0.4 is 19.1 Å². The molecule has 3 heterocycles. The lowest BCUT2D eigenvalue weighted by Crippen LogP contribution is -2.48. The summed E-state index contributed by atoms with van der Waals surface area (Å²) in [5, 5.41) is -0.119. The molecular weight excluding hydrogens is 614 g/mol. The summed E-state index contributed by atoms with van der Waals surface area (Å²) in [6, 6.07) is 33.0. The summed E-state index contributed by atoms with van der Waals surface area (Å²) in [5.74, 6) is 2.11. The molecule has 1 saturated heterocycles. The molecule has 0 spiro atoms. The first-order chi connectivity index (χ1) is 23.0. The summed E-state index contributed by atoms with van der Waals surface area (Å²) >= 11 is 0. The number of fused-ring (bicyclic) bond motifs is 1. The highest BCUT2D eigenvalue weighted by molar-refractivity contribution is 7.91. The SMILES string of the molecule is CCCOc1ccc(-c2nc(S(=O)(=O)c3ccc4c(c3)OCCO4)c(N3CCN(C(c4ccccc4)c4ccccc4)CC3)o2)cc1. The van der Waals surface area contributed by atoms with Crippen molar-refractivity contribution in [2.24, 2.45) is 0 Å². The van der Waals surface area contributed by atoms with Crippen LogP contribution >= 0.6 is 0 Å². The minimum Gasteiger partial charge on any atom is -0.494 e. The van der Waals surface area contributed by atoms with Crippen LogP contribution in [0.25, 0.3) is 11.5 Å². The van der Waals surface area contributed by atoms with E-state index in [1.165, 1.54) is 23.3 Å². The molecule has 4 aromatic carbocycles. The van der Waals surface area contributed by atoms with Crippen LogP contribution in [0.15, 0.2) is 117 Å². The Labute approximate surface area is 275 Å². The molecule has 10 heteroatoms. The van der Waals surface area contributed by atoms with Gasteiger partial charge in [0, 0.05) is 37.8 Å². The molecule has 0 saturated carbocycles. The molecule has 9 nitrogen and oxygen atoms in total. The van der Waals surface area contributed by atoms with Crippen molar-refractivity contribution in [3.63, 3.8) is 0 Å². The zero-order chi connectivity index (χ0) is 32.2. The molecule has 0 unspecified atom stereocenters. The average Bonchev–Trinajstić information content (AvgIpc) is 3.59. The number of nitrogens with zero attached hydrogens (tertiary/aromatic N) is 3. The standard InChI is InChI=1S/C37H37N3O6S/c1-2-23-43-30-15-13-29(14-16-30)35-38-36(47(41,42)31-17-18-32-33(26-31)45-25-24-44-32)37(46-35)40-21-19-39(20-22-40)34(27-9-5-3-6-10-27)28-11-7-4-8-12-28/h3-18,26,34H,2,19-25H2,1H3. The van der Waals surface area contributed by atoms with Crippen molar-refractivity contribution in [3.8, 4) is 28.7 Å². The number of piperazine rings is 1. The zero-order valence-electron chi connectivity index (χ0n) is 26.2. The monoisotopic (exact) mass is 651 g/mol. The van der Waals surface area contributed by atoms with Gasteiger partial charge in [0.05, 0.1) is 17.5 Å². The maximum atomic E-state index is 14.3. The van der Waals surface area contributed by atoms with Crippen molar-refractivity contribution in [2.45, 2.75) is 29.3 Å². The Morgan fingerprint density at radius 2 is 1.43 bits per heavy atom. The fourth-order valence-electron chi connectivity index (χ4n) is 6.08. The number of ether oxygens (including phenoxy) is 3. The molecule has 47 heavy (non-hydrogen) atoms. The summed E-state index contributed by atoms with van der Waals surface area (Å²) in [7, 11) is -4.10. The molecule has 0 bridgehead atoms. The number of hydrogen-bond donors (Lipinski definition) is 0. The minimum atomic E-state index is -4.10. The lowest BCUT2D eigenvalue weighted by Gasteiger charge is -2.39. The minimum absolute atomic E-state index is 0.0676. The van der Waals surface area contributed by atoms with E-state index in [0.29, 0.717) is 63.1 Å². The Morgan fingerprint density at radius 1 is 0.787 bits per heavy atom. The average molecular weight is 652 g/mol. The Morgan fingerprint density at radius 3 is 2.06 bits per heavy atom. The molecule has 0 aliphatic carbocycles. The number of benzene rings is 4. The Kier molecular flexibility index (Phi) is 8.86. The number of oxazole rings is 1. The topological polar surface area (TPSA) is 94.3 Å². The van der Waals surface area contributed by atoms with E-state index in [4.69, 9.17) is 18.6 Å². The summed E-state index contributed by atoms with van der Waals surface area (Å²) in [6.45, 7) is 5.92. The van der Waals surface area contributed by atoms with Crippen LogP contribution in [0.5, 0.6) is 17.2 Å². The van der Waals surface area contributed by atoms with Crippen molar-refractivity contribution in [2.75, 3.05) is 50.9 Å². The van der Waals surface area contributed by atoms with E-state index < -0.39 is 9.84 Å². The van der Waals surface area contributed by atoms with Crippen LogP contribution in [0.4, 0.5) is 5.88 Å². The lowest BCUT2D eigenvalue weighted by atomic mass is 9.96. The summed E-state index contributed by atoms with van der Waals surface area (Å²) < 4.78 is 52.0. The smallest absolute Gasteiger partial charge is 0.236 e. The third-order valence-electron chi connectivity index (χ3n) is 8.43. The number of hydrogen-bond acceptors (Lipinski definition) is 9. The van der Waals surface area contributed by atoms with Crippen LogP contribution in [-0.4, -0.2) is 64.3 Å². The van der Waals surface area contributed by atoms with Gasteiger partial charge in [0.1, 0.15) is 19.0 Å². The largest absolute Gasteiger partial charge is 0.494 e. The summed E-state index contributed by atoms with van der Waals surface area (Å²) in [4.78, 5) is 9.12. The first-order valence-electron chi connectivity index (χ1n) is 16.0.